The first kappa shape index (κ1) is 21.7. The first-order chi connectivity index (χ1) is 12.7. The largest absolute Gasteiger partial charge is 0.350 e. The van der Waals surface area contributed by atoms with Gasteiger partial charge in [-0.05, 0) is 51.0 Å². The molecule has 0 aliphatic rings. The molecule has 0 aromatic heterocycles. The van der Waals surface area contributed by atoms with Gasteiger partial charge >= 0.3 is 0 Å². The van der Waals surface area contributed by atoms with Crippen LogP contribution in [0.1, 0.15) is 22.0 Å². The Morgan fingerprint density at radius 3 is 2.37 bits per heavy atom. The van der Waals surface area contributed by atoms with Crippen LogP contribution < -0.4 is 10.0 Å². The molecule has 1 amide bonds. The van der Waals surface area contributed by atoms with Crippen molar-refractivity contribution >= 4 is 39.1 Å². The number of rotatable bonds is 7. The van der Waals surface area contributed by atoms with E-state index in [1.54, 1.807) is 6.07 Å². The van der Waals surface area contributed by atoms with E-state index >= 15 is 0 Å². The number of carbonyl (C=O) groups excluding carboxylic acids is 1. The maximum atomic E-state index is 12.5. The molecule has 2 N–H and O–H groups in total. The lowest BCUT2D eigenvalue weighted by atomic mass is 10.1. The summed E-state index contributed by atoms with van der Waals surface area (Å²) in [5.74, 6) is -0.405. The number of hydrogen-bond acceptors (Lipinski definition) is 4. The molecule has 0 saturated carbocycles. The third-order valence-electron chi connectivity index (χ3n) is 4.10. The second-order valence-corrected chi connectivity index (χ2v) is 8.73. The molecule has 9 heteroatoms. The summed E-state index contributed by atoms with van der Waals surface area (Å²) in [6.45, 7) is 0.298. The van der Waals surface area contributed by atoms with Crippen LogP contribution in [0, 0.1) is 0 Å². The molecule has 0 aliphatic heterocycles. The molecular formula is C18H21Cl2N3O3S. The third-order valence-corrected chi connectivity index (χ3v) is 6.34. The highest BCUT2D eigenvalue weighted by Crippen LogP contribution is 2.26. The second-order valence-electron chi connectivity index (χ2n) is 6.06. The van der Waals surface area contributed by atoms with Crippen molar-refractivity contribution in [2.24, 2.45) is 0 Å². The predicted molar refractivity (Wildman–Crippen MR) is 108 cm³/mol. The average Bonchev–Trinajstić information content (AvgIpc) is 2.63. The summed E-state index contributed by atoms with van der Waals surface area (Å²) in [5, 5.41) is 3.48. The van der Waals surface area contributed by atoms with Crippen LogP contribution in [0.25, 0.3) is 0 Å². The zero-order valence-electron chi connectivity index (χ0n) is 15.2. The standard InChI is InChI=1S/C18H21Cl2N3O3S/c1-21-27(25,26)17-10-12(8-9-15(17)20)18(24)22-11-16(23(2)3)13-6-4-5-7-14(13)19/h4-10,16,21H,11H2,1-3H3,(H,22,24). The van der Waals surface area contributed by atoms with Crippen LogP contribution in [0.5, 0.6) is 0 Å². The number of nitrogens with one attached hydrogen (secondary N) is 2. The Bertz CT molecular complexity index is 933. The molecule has 6 nitrogen and oxygen atoms in total. The number of carbonyl (C=O) groups is 1. The fourth-order valence-electron chi connectivity index (χ4n) is 2.57. The van der Waals surface area contributed by atoms with Gasteiger partial charge in [0.1, 0.15) is 4.90 Å². The fourth-order valence-corrected chi connectivity index (χ4v) is 4.08. The highest BCUT2D eigenvalue weighted by Gasteiger charge is 2.21. The van der Waals surface area contributed by atoms with Crippen LogP contribution in [0.2, 0.25) is 10.0 Å². The Hall–Kier alpha value is -1.64. The summed E-state index contributed by atoms with van der Waals surface area (Å²) in [6, 6.07) is 11.4. The van der Waals surface area contributed by atoms with E-state index in [0.717, 1.165) is 5.56 Å². The van der Waals surface area contributed by atoms with E-state index in [9.17, 15) is 13.2 Å². The van der Waals surface area contributed by atoms with Crippen LogP contribution in [-0.4, -0.2) is 46.9 Å². The second kappa shape index (κ2) is 9.03. The van der Waals surface area contributed by atoms with Crippen LogP contribution >= 0.6 is 23.2 Å². The van der Waals surface area contributed by atoms with Crippen LogP contribution in [0.15, 0.2) is 47.4 Å². The Kier molecular flexibility index (Phi) is 7.25. The van der Waals surface area contributed by atoms with Gasteiger partial charge in [0.25, 0.3) is 5.91 Å². The molecule has 0 saturated heterocycles. The molecule has 2 aromatic carbocycles. The molecule has 1 atom stereocenters. The van der Waals surface area contributed by atoms with Gasteiger partial charge in [-0.25, -0.2) is 13.1 Å². The van der Waals surface area contributed by atoms with Crippen LogP contribution in [0.4, 0.5) is 0 Å². The number of nitrogens with zero attached hydrogens (tertiary/aromatic N) is 1. The van der Waals surface area contributed by atoms with E-state index in [-0.39, 0.29) is 21.5 Å². The number of sulfonamides is 1. The molecule has 0 aliphatic carbocycles. The molecule has 146 valence electrons. The van der Waals surface area contributed by atoms with Gasteiger partial charge in [-0.2, -0.15) is 0 Å². The first-order valence-corrected chi connectivity index (χ1v) is 10.3. The summed E-state index contributed by atoms with van der Waals surface area (Å²) >= 11 is 12.2. The summed E-state index contributed by atoms with van der Waals surface area (Å²) in [7, 11) is 1.29. The fraction of sp³-hybridized carbons (Fsp3) is 0.278. The predicted octanol–water partition coefficient (Wildman–Crippen LogP) is 2.93. The molecule has 2 aromatic rings. The van der Waals surface area contributed by atoms with E-state index < -0.39 is 15.9 Å². The van der Waals surface area contributed by atoms with Crippen molar-refractivity contribution in [2.45, 2.75) is 10.9 Å². The lowest BCUT2D eigenvalue weighted by Crippen LogP contribution is -2.34. The summed E-state index contributed by atoms with van der Waals surface area (Å²) < 4.78 is 26.2. The van der Waals surface area contributed by atoms with Gasteiger partial charge in [0.2, 0.25) is 10.0 Å². The van der Waals surface area contributed by atoms with Crippen molar-refractivity contribution in [3.8, 4) is 0 Å². The lowest BCUT2D eigenvalue weighted by Gasteiger charge is -2.26. The molecule has 2 rings (SSSR count). The minimum Gasteiger partial charge on any atom is -0.350 e. The number of likely N-dealkylation sites (N-methyl/N-ethyl adjacent to an activating group) is 1. The van der Waals surface area contributed by atoms with E-state index in [2.05, 4.69) is 10.0 Å². The van der Waals surface area contributed by atoms with Gasteiger partial charge in [0, 0.05) is 17.1 Å². The molecule has 0 heterocycles. The van der Waals surface area contributed by atoms with Gasteiger partial charge in [-0.1, -0.05) is 41.4 Å². The maximum Gasteiger partial charge on any atom is 0.251 e. The Morgan fingerprint density at radius 1 is 1.11 bits per heavy atom. The summed E-state index contributed by atoms with van der Waals surface area (Å²) in [4.78, 5) is 14.3. The molecule has 27 heavy (non-hydrogen) atoms. The maximum absolute atomic E-state index is 12.5. The van der Waals surface area contributed by atoms with Crippen molar-refractivity contribution in [1.29, 1.82) is 0 Å². The number of hydrogen-bond donors (Lipinski definition) is 2. The molecule has 0 bridgehead atoms. The Balaban J connectivity index is 2.22. The minimum atomic E-state index is -3.77. The van der Waals surface area contributed by atoms with E-state index in [1.807, 2.05) is 37.2 Å². The van der Waals surface area contributed by atoms with Crippen molar-refractivity contribution in [1.82, 2.24) is 14.9 Å². The SMILES string of the molecule is CNS(=O)(=O)c1cc(C(=O)NCC(c2ccccc2Cl)N(C)C)ccc1Cl. The zero-order chi connectivity index (χ0) is 20.2. The quantitative estimate of drug-likeness (QED) is 0.708. The molecule has 0 spiro atoms. The summed E-state index contributed by atoms with van der Waals surface area (Å²) in [5.41, 5.74) is 1.09. The smallest absolute Gasteiger partial charge is 0.251 e. The number of benzene rings is 2. The van der Waals surface area contributed by atoms with Gasteiger partial charge in [-0.3, -0.25) is 4.79 Å². The van der Waals surface area contributed by atoms with Gasteiger partial charge in [-0.15, -0.1) is 0 Å². The topological polar surface area (TPSA) is 78.5 Å². The molecular weight excluding hydrogens is 409 g/mol. The lowest BCUT2D eigenvalue weighted by molar-refractivity contribution is 0.0941. The van der Waals surface area contributed by atoms with Crippen molar-refractivity contribution < 1.29 is 13.2 Å². The highest BCUT2D eigenvalue weighted by molar-refractivity contribution is 7.89. The third kappa shape index (κ3) is 5.21. The normalized spacial score (nSPS) is 12.8. The summed E-state index contributed by atoms with van der Waals surface area (Å²) in [6.07, 6.45) is 0. The Labute approximate surface area is 169 Å². The minimum absolute atomic E-state index is 0.0446. The van der Waals surface area contributed by atoms with Gasteiger partial charge in [0.05, 0.1) is 11.1 Å². The molecule has 0 radical (unpaired) electrons. The zero-order valence-corrected chi connectivity index (χ0v) is 17.5. The monoisotopic (exact) mass is 429 g/mol. The van der Waals surface area contributed by atoms with Gasteiger partial charge in [0.15, 0.2) is 0 Å². The van der Waals surface area contributed by atoms with E-state index in [4.69, 9.17) is 23.2 Å². The van der Waals surface area contributed by atoms with Crippen LogP contribution in [0.3, 0.4) is 0 Å². The highest BCUT2D eigenvalue weighted by atomic mass is 35.5. The first-order valence-electron chi connectivity index (χ1n) is 8.09. The molecule has 0 fully saturated rings. The molecule has 1 unspecified atom stereocenters. The van der Waals surface area contributed by atoms with Crippen molar-refractivity contribution in [3.05, 3.63) is 63.6 Å². The number of amides is 1. The average molecular weight is 430 g/mol. The Morgan fingerprint density at radius 2 is 1.78 bits per heavy atom. The van der Waals surface area contributed by atoms with E-state index in [1.165, 1.54) is 25.2 Å². The van der Waals surface area contributed by atoms with Crippen LogP contribution in [-0.2, 0) is 10.0 Å². The number of halogens is 2. The van der Waals surface area contributed by atoms with Crippen molar-refractivity contribution in [2.75, 3.05) is 27.7 Å². The van der Waals surface area contributed by atoms with E-state index in [0.29, 0.717) is 11.6 Å². The van der Waals surface area contributed by atoms with Gasteiger partial charge < -0.3 is 10.2 Å². The van der Waals surface area contributed by atoms with Crippen molar-refractivity contribution in [3.63, 3.8) is 0 Å².